The summed E-state index contributed by atoms with van der Waals surface area (Å²) in [7, 11) is 0. The van der Waals surface area contributed by atoms with Crippen LogP contribution in [0.15, 0.2) is 31.8 Å². The van der Waals surface area contributed by atoms with Crippen LogP contribution in [-0.4, -0.2) is 0 Å². The van der Waals surface area contributed by atoms with Gasteiger partial charge in [-0.05, 0) is 54.8 Å². The molecule has 0 saturated heterocycles. The third-order valence-electron chi connectivity index (χ3n) is 2.20. The Hall–Kier alpha value is 0.1000. The molecule has 0 amide bonds. The second-order valence-corrected chi connectivity index (χ2v) is 6.37. The van der Waals surface area contributed by atoms with Crippen molar-refractivity contribution in [1.82, 2.24) is 0 Å². The van der Waals surface area contributed by atoms with E-state index in [-0.39, 0.29) is 0 Å². The van der Waals surface area contributed by atoms with Gasteiger partial charge in [0.15, 0.2) is 0 Å². The smallest absolute Gasteiger partial charge is 0.0503 e. The third-order valence-corrected chi connectivity index (χ3v) is 6.24. The van der Waals surface area contributed by atoms with E-state index in [2.05, 4.69) is 54.8 Å². The number of halogens is 2. The Morgan fingerprint density at radius 3 is 1.64 bits per heavy atom. The van der Waals surface area contributed by atoms with Crippen LogP contribution >= 0.6 is 54.5 Å². The van der Waals surface area contributed by atoms with Crippen molar-refractivity contribution in [2.24, 2.45) is 0 Å². The molecule has 0 bridgehead atoms. The Balaban J connectivity index is 2.72. The molecule has 0 unspecified atom stereocenters. The molecule has 14 heavy (non-hydrogen) atoms. The fraction of sp³-hybridized carbons (Fsp3) is 0. The molecule has 0 N–H and O–H groups in total. The van der Waals surface area contributed by atoms with E-state index in [0.29, 0.717) is 0 Å². The lowest BCUT2D eigenvalue weighted by atomic mass is 10.2. The van der Waals surface area contributed by atoms with Gasteiger partial charge in [0, 0.05) is 19.7 Å². The fourth-order valence-corrected chi connectivity index (χ4v) is 5.16. The maximum Gasteiger partial charge on any atom is 0.0503 e. The topological polar surface area (TPSA) is 0 Å². The van der Waals surface area contributed by atoms with E-state index in [4.69, 9.17) is 0 Å². The molecule has 70 valence electrons. The van der Waals surface area contributed by atoms with Crippen molar-refractivity contribution in [2.75, 3.05) is 0 Å². The molecule has 0 saturated carbocycles. The summed E-state index contributed by atoms with van der Waals surface area (Å²) in [6.45, 7) is 0. The number of hydrogen-bond donors (Lipinski definition) is 0. The molecule has 3 aromatic rings. The average Bonchev–Trinajstić information content (AvgIpc) is 2.82. The fourth-order valence-electron chi connectivity index (χ4n) is 1.55. The SMILES string of the molecule is Brc1c2ccsc2c(Br)c2ccsc12. The first-order valence-corrected chi connectivity index (χ1v) is 7.35. The summed E-state index contributed by atoms with van der Waals surface area (Å²) in [4.78, 5) is 0. The summed E-state index contributed by atoms with van der Waals surface area (Å²) in [5.41, 5.74) is 0. The van der Waals surface area contributed by atoms with Crippen molar-refractivity contribution in [3.63, 3.8) is 0 Å². The monoisotopic (exact) mass is 346 g/mol. The zero-order valence-corrected chi connectivity index (χ0v) is 11.7. The number of hydrogen-bond acceptors (Lipinski definition) is 2. The summed E-state index contributed by atoms with van der Waals surface area (Å²) in [6.07, 6.45) is 0. The minimum atomic E-state index is 1.22. The number of benzene rings is 1. The predicted octanol–water partition coefficient (Wildman–Crippen LogP) is 5.64. The molecule has 2 aromatic heterocycles. The van der Waals surface area contributed by atoms with Crippen molar-refractivity contribution in [3.8, 4) is 0 Å². The summed E-state index contributed by atoms with van der Waals surface area (Å²) >= 11 is 10.9. The predicted molar refractivity (Wildman–Crippen MR) is 72.6 cm³/mol. The average molecular weight is 348 g/mol. The van der Waals surface area contributed by atoms with Crippen molar-refractivity contribution in [3.05, 3.63) is 31.8 Å². The van der Waals surface area contributed by atoms with E-state index < -0.39 is 0 Å². The van der Waals surface area contributed by atoms with Gasteiger partial charge in [-0.25, -0.2) is 0 Å². The van der Waals surface area contributed by atoms with Gasteiger partial charge in [-0.15, -0.1) is 22.7 Å². The van der Waals surface area contributed by atoms with E-state index >= 15 is 0 Å². The van der Waals surface area contributed by atoms with Gasteiger partial charge in [0.25, 0.3) is 0 Å². The standard InChI is InChI=1S/C10H4Br2S2/c11-7-5-1-3-13-9(5)8(12)6-2-4-14-10(6)7/h1-4H. The van der Waals surface area contributed by atoms with E-state index in [9.17, 15) is 0 Å². The lowest BCUT2D eigenvalue weighted by Gasteiger charge is -2.00. The van der Waals surface area contributed by atoms with E-state index in [1.165, 1.54) is 29.1 Å². The number of fused-ring (bicyclic) bond motifs is 2. The van der Waals surface area contributed by atoms with Crippen molar-refractivity contribution in [2.45, 2.75) is 0 Å². The summed E-state index contributed by atoms with van der Waals surface area (Å²) in [6, 6.07) is 4.32. The molecule has 0 aliphatic carbocycles. The highest BCUT2D eigenvalue weighted by Crippen LogP contribution is 2.43. The van der Waals surface area contributed by atoms with Gasteiger partial charge < -0.3 is 0 Å². The van der Waals surface area contributed by atoms with Crippen molar-refractivity contribution < 1.29 is 0 Å². The molecule has 4 heteroatoms. The van der Waals surface area contributed by atoms with Gasteiger partial charge in [0.2, 0.25) is 0 Å². The van der Waals surface area contributed by atoms with Crippen molar-refractivity contribution >= 4 is 74.7 Å². The van der Waals surface area contributed by atoms with E-state index in [1.54, 1.807) is 22.7 Å². The molecular weight excluding hydrogens is 344 g/mol. The highest BCUT2D eigenvalue weighted by atomic mass is 79.9. The lowest BCUT2D eigenvalue weighted by Crippen LogP contribution is -1.72. The minimum Gasteiger partial charge on any atom is -0.143 e. The molecule has 0 fully saturated rings. The molecule has 0 nitrogen and oxygen atoms in total. The maximum atomic E-state index is 3.67. The van der Waals surface area contributed by atoms with Crippen molar-refractivity contribution in [1.29, 1.82) is 0 Å². The van der Waals surface area contributed by atoms with Crippen LogP contribution in [-0.2, 0) is 0 Å². The van der Waals surface area contributed by atoms with Gasteiger partial charge in [0.1, 0.15) is 0 Å². The normalized spacial score (nSPS) is 11.6. The maximum absolute atomic E-state index is 3.67. The largest absolute Gasteiger partial charge is 0.143 e. The highest BCUT2D eigenvalue weighted by molar-refractivity contribution is 9.11. The number of thiophene rings is 2. The van der Waals surface area contributed by atoms with Crippen LogP contribution in [0.5, 0.6) is 0 Å². The summed E-state index contributed by atoms with van der Waals surface area (Å²) in [5.74, 6) is 0. The number of rotatable bonds is 0. The van der Waals surface area contributed by atoms with Crippen LogP contribution < -0.4 is 0 Å². The Bertz CT molecular complexity index is 519. The quantitative estimate of drug-likeness (QED) is 0.493. The Morgan fingerprint density at radius 1 is 0.786 bits per heavy atom. The van der Waals surface area contributed by atoms with E-state index in [1.807, 2.05) is 0 Å². The Morgan fingerprint density at radius 2 is 1.21 bits per heavy atom. The van der Waals surface area contributed by atoms with Gasteiger partial charge in [0.05, 0.1) is 9.40 Å². The van der Waals surface area contributed by atoms with Crippen LogP contribution in [0.25, 0.3) is 20.2 Å². The summed E-state index contributed by atoms with van der Waals surface area (Å²) in [5, 5.41) is 6.86. The van der Waals surface area contributed by atoms with Crippen LogP contribution in [0.3, 0.4) is 0 Å². The molecule has 0 aliphatic rings. The Kier molecular flexibility index (Phi) is 2.20. The zero-order chi connectivity index (χ0) is 9.71. The van der Waals surface area contributed by atoms with Gasteiger partial charge in [-0.3, -0.25) is 0 Å². The van der Waals surface area contributed by atoms with Gasteiger partial charge in [-0.2, -0.15) is 0 Å². The zero-order valence-electron chi connectivity index (χ0n) is 6.88. The van der Waals surface area contributed by atoms with Crippen LogP contribution in [0.1, 0.15) is 0 Å². The first-order chi connectivity index (χ1) is 6.79. The van der Waals surface area contributed by atoms with Gasteiger partial charge in [-0.1, -0.05) is 0 Å². The molecule has 2 heterocycles. The molecular formula is C10H4Br2S2. The summed E-state index contributed by atoms with van der Waals surface area (Å²) < 4.78 is 5.09. The first kappa shape index (κ1) is 9.33. The van der Waals surface area contributed by atoms with Crippen LogP contribution in [0.4, 0.5) is 0 Å². The molecule has 3 rings (SSSR count). The highest BCUT2D eigenvalue weighted by Gasteiger charge is 2.11. The molecule has 0 spiro atoms. The molecule has 0 aliphatic heterocycles. The first-order valence-electron chi connectivity index (χ1n) is 4.00. The van der Waals surface area contributed by atoms with Crippen LogP contribution in [0.2, 0.25) is 0 Å². The molecule has 1 aromatic carbocycles. The molecule has 0 radical (unpaired) electrons. The lowest BCUT2D eigenvalue weighted by molar-refractivity contribution is 1.93. The van der Waals surface area contributed by atoms with E-state index in [0.717, 1.165) is 0 Å². The Labute approximate surface area is 106 Å². The van der Waals surface area contributed by atoms with Gasteiger partial charge >= 0.3 is 0 Å². The van der Waals surface area contributed by atoms with Crippen LogP contribution in [0, 0.1) is 0 Å². The second kappa shape index (κ2) is 3.30. The minimum absolute atomic E-state index is 1.22. The second-order valence-electron chi connectivity index (χ2n) is 2.95. The molecule has 0 atom stereocenters. The third kappa shape index (κ3) is 1.14.